The molecule has 0 fully saturated rings. The summed E-state index contributed by atoms with van der Waals surface area (Å²) in [7, 11) is 1.74. The molecule has 6 heteroatoms. The SMILES string of the molecule is CN(Cc1cccc(Cl)c1)C(=O)Nc1ccccc1-n1cccn1. The molecule has 0 radical (unpaired) electrons. The van der Waals surface area contributed by atoms with E-state index in [4.69, 9.17) is 11.6 Å². The van der Waals surface area contributed by atoms with Gasteiger partial charge in [-0.3, -0.25) is 0 Å². The number of carbonyl (C=O) groups excluding carboxylic acids is 1. The van der Waals surface area contributed by atoms with Gasteiger partial charge in [-0.25, -0.2) is 9.48 Å². The molecule has 0 saturated heterocycles. The van der Waals surface area contributed by atoms with Crippen LogP contribution in [0, 0.1) is 0 Å². The number of halogens is 1. The highest BCUT2D eigenvalue weighted by Gasteiger charge is 2.12. The van der Waals surface area contributed by atoms with E-state index in [0.717, 1.165) is 11.3 Å². The predicted molar refractivity (Wildman–Crippen MR) is 95.5 cm³/mol. The maximum atomic E-state index is 12.5. The van der Waals surface area contributed by atoms with Crippen LogP contribution in [0.25, 0.3) is 5.69 Å². The minimum Gasteiger partial charge on any atom is -0.323 e. The molecular formula is C18H17ClN4O. The molecular weight excluding hydrogens is 324 g/mol. The lowest BCUT2D eigenvalue weighted by molar-refractivity contribution is 0.220. The number of benzene rings is 2. The summed E-state index contributed by atoms with van der Waals surface area (Å²) >= 11 is 5.99. The van der Waals surface area contributed by atoms with Crippen molar-refractivity contribution in [1.82, 2.24) is 14.7 Å². The fraction of sp³-hybridized carbons (Fsp3) is 0.111. The Bertz CT molecular complexity index is 833. The van der Waals surface area contributed by atoms with Gasteiger partial charge in [0, 0.05) is 31.0 Å². The fourth-order valence-electron chi connectivity index (χ4n) is 2.38. The molecule has 24 heavy (non-hydrogen) atoms. The lowest BCUT2D eigenvalue weighted by Gasteiger charge is -2.19. The molecule has 122 valence electrons. The first-order chi connectivity index (χ1) is 11.6. The van der Waals surface area contributed by atoms with Crippen LogP contribution in [0.4, 0.5) is 10.5 Å². The van der Waals surface area contributed by atoms with Crippen molar-refractivity contribution >= 4 is 23.3 Å². The Morgan fingerprint density at radius 1 is 1.21 bits per heavy atom. The first-order valence-corrected chi connectivity index (χ1v) is 7.87. The summed E-state index contributed by atoms with van der Waals surface area (Å²) in [4.78, 5) is 14.1. The number of aromatic nitrogens is 2. The fourth-order valence-corrected chi connectivity index (χ4v) is 2.59. The normalized spacial score (nSPS) is 10.4. The zero-order valence-corrected chi connectivity index (χ0v) is 13.9. The molecule has 0 aliphatic carbocycles. The molecule has 0 spiro atoms. The summed E-state index contributed by atoms with van der Waals surface area (Å²) in [6.45, 7) is 0.469. The van der Waals surface area contributed by atoms with Gasteiger partial charge in [-0.1, -0.05) is 35.9 Å². The van der Waals surface area contributed by atoms with Gasteiger partial charge in [-0.05, 0) is 35.9 Å². The Morgan fingerprint density at radius 3 is 2.79 bits per heavy atom. The molecule has 1 aromatic heterocycles. The maximum Gasteiger partial charge on any atom is 0.321 e. The van der Waals surface area contributed by atoms with Crippen molar-refractivity contribution in [3.63, 3.8) is 0 Å². The van der Waals surface area contributed by atoms with E-state index in [1.165, 1.54) is 0 Å². The van der Waals surface area contributed by atoms with Gasteiger partial charge < -0.3 is 10.2 Å². The standard InChI is InChI=1S/C18H17ClN4O/c1-22(13-14-6-4-7-15(19)12-14)18(24)21-16-8-2-3-9-17(16)23-11-5-10-20-23/h2-12H,13H2,1H3,(H,21,24). The van der Waals surface area contributed by atoms with Crippen molar-refractivity contribution in [3.05, 3.63) is 77.6 Å². The number of hydrogen-bond acceptors (Lipinski definition) is 2. The number of anilines is 1. The quantitative estimate of drug-likeness (QED) is 0.774. The van der Waals surface area contributed by atoms with Crippen LogP contribution in [-0.2, 0) is 6.54 Å². The van der Waals surface area contributed by atoms with Crippen molar-refractivity contribution in [2.75, 3.05) is 12.4 Å². The molecule has 1 heterocycles. The summed E-state index contributed by atoms with van der Waals surface area (Å²) in [6, 6.07) is 16.6. The van der Waals surface area contributed by atoms with Gasteiger partial charge in [0.15, 0.2) is 0 Å². The van der Waals surface area contributed by atoms with E-state index in [-0.39, 0.29) is 6.03 Å². The van der Waals surface area contributed by atoms with Crippen molar-refractivity contribution in [2.45, 2.75) is 6.54 Å². The highest BCUT2D eigenvalue weighted by molar-refractivity contribution is 6.30. The summed E-state index contributed by atoms with van der Waals surface area (Å²) in [5.41, 5.74) is 2.48. The summed E-state index contributed by atoms with van der Waals surface area (Å²) in [6.07, 6.45) is 3.53. The third-order valence-corrected chi connectivity index (χ3v) is 3.79. The highest BCUT2D eigenvalue weighted by atomic mass is 35.5. The number of carbonyl (C=O) groups is 1. The molecule has 0 bridgehead atoms. The first-order valence-electron chi connectivity index (χ1n) is 7.49. The monoisotopic (exact) mass is 340 g/mol. The predicted octanol–water partition coefficient (Wildman–Crippen LogP) is 4.19. The number of para-hydroxylation sites is 2. The van der Waals surface area contributed by atoms with Crippen LogP contribution in [0.1, 0.15) is 5.56 Å². The molecule has 2 aromatic carbocycles. The second-order valence-corrected chi connectivity index (χ2v) is 5.82. The third kappa shape index (κ3) is 3.75. The topological polar surface area (TPSA) is 50.2 Å². The minimum atomic E-state index is -0.199. The first kappa shape index (κ1) is 16.1. The van der Waals surface area contributed by atoms with Crippen LogP contribution in [-0.4, -0.2) is 27.8 Å². The largest absolute Gasteiger partial charge is 0.323 e. The Kier molecular flexibility index (Phi) is 4.82. The molecule has 3 aromatic rings. The van der Waals surface area contributed by atoms with Crippen molar-refractivity contribution in [1.29, 1.82) is 0 Å². The molecule has 3 rings (SSSR count). The molecule has 0 aliphatic heterocycles. The smallest absolute Gasteiger partial charge is 0.321 e. The van der Waals surface area contributed by atoms with Gasteiger partial charge >= 0.3 is 6.03 Å². The van der Waals surface area contributed by atoms with Crippen LogP contribution >= 0.6 is 11.6 Å². The average Bonchev–Trinajstić information content (AvgIpc) is 3.09. The molecule has 5 nitrogen and oxygen atoms in total. The van der Waals surface area contributed by atoms with Crippen LogP contribution in [0.15, 0.2) is 67.0 Å². The van der Waals surface area contributed by atoms with Gasteiger partial charge in [-0.15, -0.1) is 0 Å². The van der Waals surface area contributed by atoms with Crippen molar-refractivity contribution in [2.24, 2.45) is 0 Å². The Morgan fingerprint density at radius 2 is 2.04 bits per heavy atom. The number of nitrogens with zero attached hydrogens (tertiary/aromatic N) is 3. The lowest BCUT2D eigenvalue weighted by atomic mass is 10.2. The Labute approximate surface area is 145 Å². The molecule has 1 N–H and O–H groups in total. The zero-order valence-electron chi connectivity index (χ0n) is 13.2. The van der Waals surface area contributed by atoms with Gasteiger partial charge in [0.05, 0.1) is 11.4 Å². The number of urea groups is 1. The highest BCUT2D eigenvalue weighted by Crippen LogP contribution is 2.20. The van der Waals surface area contributed by atoms with Crippen LogP contribution < -0.4 is 5.32 Å². The van der Waals surface area contributed by atoms with Gasteiger partial charge in [-0.2, -0.15) is 5.10 Å². The van der Waals surface area contributed by atoms with E-state index in [9.17, 15) is 4.79 Å². The lowest BCUT2D eigenvalue weighted by Crippen LogP contribution is -2.31. The second-order valence-electron chi connectivity index (χ2n) is 5.38. The minimum absolute atomic E-state index is 0.199. The number of rotatable bonds is 4. The maximum absolute atomic E-state index is 12.5. The Hall–Kier alpha value is -2.79. The second kappa shape index (κ2) is 7.19. The average molecular weight is 341 g/mol. The van der Waals surface area contributed by atoms with Crippen molar-refractivity contribution in [3.8, 4) is 5.69 Å². The number of amides is 2. The van der Waals surface area contributed by atoms with Crippen LogP contribution in [0.3, 0.4) is 0 Å². The van der Waals surface area contributed by atoms with Gasteiger partial charge in [0.1, 0.15) is 0 Å². The molecule has 0 saturated carbocycles. The summed E-state index contributed by atoms with van der Waals surface area (Å²) < 4.78 is 1.71. The van der Waals surface area contributed by atoms with Gasteiger partial charge in [0.2, 0.25) is 0 Å². The number of nitrogens with one attached hydrogen (secondary N) is 1. The van der Waals surface area contributed by atoms with E-state index in [1.807, 2.05) is 60.8 Å². The van der Waals surface area contributed by atoms with E-state index < -0.39 is 0 Å². The van der Waals surface area contributed by atoms with E-state index >= 15 is 0 Å². The van der Waals surface area contributed by atoms with E-state index in [1.54, 1.807) is 22.8 Å². The van der Waals surface area contributed by atoms with E-state index in [0.29, 0.717) is 17.3 Å². The van der Waals surface area contributed by atoms with Crippen molar-refractivity contribution < 1.29 is 4.79 Å². The molecule has 0 atom stereocenters. The van der Waals surface area contributed by atoms with Crippen LogP contribution in [0.2, 0.25) is 5.02 Å². The summed E-state index contributed by atoms with van der Waals surface area (Å²) in [5, 5.41) is 7.80. The van der Waals surface area contributed by atoms with Crippen LogP contribution in [0.5, 0.6) is 0 Å². The van der Waals surface area contributed by atoms with Gasteiger partial charge in [0.25, 0.3) is 0 Å². The number of hydrogen-bond donors (Lipinski definition) is 1. The Balaban J connectivity index is 1.73. The molecule has 2 amide bonds. The zero-order chi connectivity index (χ0) is 16.9. The molecule has 0 aliphatic rings. The molecule has 0 unspecified atom stereocenters. The summed E-state index contributed by atoms with van der Waals surface area (Å²) in [5.74, 6) is 0. The van der Waals surface area contributed by atoms with E-state index in [2.05, 4.69) is 10.4 Å². The third-order valence-electron chi connectivity index (χ3n) is 3.55.